The van der Waals surface area contributed by atoms with E-state index < -0.39 is 10.0 Å². The number of sulfonamides is 1. The van der Waals surface area contributed by atoms with Crippen LogP contribution in [0.5, 0.6) is 0 Å². The van der Waals surface area contributed by atoms with Crippen LogP contribution in [0.25, 0.3) is 0 Å². The molecule has 0 aliphatic carbocycles. The summed E-state index contributed by atoms with van der Waals surface area (Å²) in [5.74, 6) is 0.0992. The predicted molar refractivity (Wildman–Crippen MR) is 99.2 cm³/mol. The number of hydrogen-bond acceptors (Lipinski definition) is 4. The fourth-order valence-electron chi connectivity index (χ4n) is 2.73. The minimum absolute atomic E-state index is 0.0992. The molecule has 1 amide bonds. The van der Waals surface area contributed by atoms with Crippen LogP contribution in [0.4, 0.5) is 0 Å². The molecule has 1 aliphatic heterocycles. The molecule has 1 aromatic heterocycles. The third kappa shape index (κ3) is 4.23. The van der Waals surface area contributed by atoms with Crippen LogP contribution in [-0.2, 0) is 34.3 Å². The Balaban J connectivity index is 1.72. The monoisotopic (exact) mass is 398 g/mol. The Hall–Kier alpha value is -1.41. The molecule has 2 aromatic rings. The highest BCUT2D eigenvalue weighted by Crippen LogP contribution is 2.31. The third-order valence-electron chi connectivity index (χ3n) is 4.14. The molecule has 0 atom stereocenters. The molecule has 0 saturated heterocycles. The summed E-state index contributed by atoms with van der Waals surface area (Å²) in [5.41, 5.74) is 1.78. The summed E-state index contributed by atoms with van der Waals surface area (Å²) in [6, 6.07) is 8.74. The number of thiophene rings is 1. The highest BCUT2D eigenvalue weighted by molar-refractivity contribution is 7.91. The first-order chi connectivity index (χ1) is 11.9. The van der Waals surface area contributed by atoms with Crippen LogP contribution in [0, 0.1) is 0 Å². The van der Waals surface area contributed by atoms with Crippen molar-refractivity contribution in [2.45, 2.75) is 37.1 Å². The minimum atomic E-state index is -3.57. The van der Waals surface area contributed by atoms with E-state index in [1.165, 1.54) is 11.3 Å². The zero-order valence-electron chi connectivity index (χ0n) is 13.8. The van der Waals surface area contributed by atoms with Crippen molar-refractivity contribution >= 4 is 38.9 Å². The van der Waals surface area contributed by atoms with Crippen LogP contribution in [0.3, 0.4) is 0 Å². The Labute approximate surface area is 156 Å². The van der Waals surface area contributed by atoms with Gasteiger partial charge in [-0.1, -0.05) is 30.7 Å². The number of carbonyl (C=O) groups excluding carboxylic acids is 1. The van der Waals surface area contributed by atoms with Gasteiger partial charge in [0.2, 0.25) is 15.9 Å². The van der Waals surface area contributed by atoms with Crippen molar-refractivity contribution in [3.63, 3.8) is 0 Å². The van der Waals surface area contributed by atoms with E-state index in [9.17, 15) is 13.2 Å². The quantitative estimate of drug-likeness (QED) is 0.841. The van der Waals surface area contributed by atoms with Crippen molar-refractivity contribution in [2.24, 2.45) is 0 Å². The first-order valence-electron chi connectivity index (χ1n) is 8.02. The maximum Gasteiger partial charge on any atom is 0.250 e. The van der Waals surface area contributed by atoms with Crippen molar-refractivity contribution in [1.82, 2.24) is 9.62 Å². The Kier molecular flexibility index (Phi) is 5.48. The SMILES string of the molecule is CCC(=O)N1CCc2sc(S(=O)(=O)NCc3ccc(Cl)cc3)cc2C1. The maximum atomic E-state index is 12.6. The number of nitrogens with one attached hydrogen (secondary N) is 1. The molecule has 0 radical (unpaired) electrons. The molecule has 3 rings (SSSR count). The minimum Gasteiger partial charge on any atom is -0.338 e. The lowest BCUT2D eigenvalue weighted by Crippen LogP contribution is -2.34. The summed E-state index contributed by atoms with van der Waals surface area (Å²) >= 11 is 7.13. The number of halogens is 1. The van der Waals surface area contributed by atoms with Crippen molar-refractivity contribution in [1.29, 1.82) is 0 Å². The van der Waals surface area contributed by atoms with E-state index in [0.717, 1.165) is 16.0 Å². The molecule has 1 aromatic carbocycles. The highest BCUT2D eigenvalue weighted by Gasteiger charge is 2.25. The fraction of sp³-hybridized carbons (Fsp3) is 0.353. The smallest absolute Gasteiger partial charge is 0.250 e. The number of nitrogens with zero attached hydrogens (tertiary/aromatic N) is 1. The molecule has 0 fully saturated rings. The molecule has 25 heavy (non-hydrogen) atoms. The van der Waals surface area contributed by atoms with E-state index in [0.29, 0.717) is 35.2 Å². The van der Waals surface area contributed by atoms with Gasteiger partial charge in [0.1, 0.15) is 4.21 Å². The van der Waals surface area contributed by atoms with Gasteiger partial charge in [-0.2, -0.15) is 0 Å². The van der Waals surface area contributed by atoms with Crippen LogP contribution in [-0.4, -0.2) is 25.8 Å². The second-order valence-electron chi connectivity index (χ2n) is 5.88. The topological polar surface area (TPSA) is 66.5 Å². The largest absolute Gasteiger partial charge is 0.338 e. The molecule has 5 nitrogen and oxygen atoms in total. The zero-order chi connectivity index (χ0) is 18.0. The van der Waals surface area contributed by atoms with Crippen LogP contribution in [0.15, 0.2) is 34.5 Å². The van der Waals surface area contributed by atoms with Crippen molar-refractivity contribution in [3.05, 3.63) is 51.4 Å². The lowest BCUT2D eigenvalue weighted by atomic mass is 10.1. The first kappa shape index (κ1) is 18.4. The Bertz CT molecular complexity index is 876. The van der Waals surface area contributed by atoms with Gasteiger partial charge in [0.25, 0.3) is 0 Å². The lowest BCUT2D eigenvalue weighted by molar-refractivity contribution is -0.131. The molecular weight excluding hydrogens is 380 g/mol. The molecule has 1 aliphatic rings. The number of fused-ring (bicyclic) bond motifs is 1. The Morgan fingerprint density at radius 1 is 1.32 bits per heavy atom. The average molecular weight is 399 g/mol. The van der Waals surface area contributed by atoms with Gasteiger partial charge < -0.3 is 4.90 Å². The van der Waals surface area contributed by atoms with Gasteiger partial charge in [-0.15, -0.1) is 11.3 Å². The molecule has 0 spiro atoms. The van der Waals surface area contributed by atoms with Gasteiger partial charge in [0.15, 0.2) is 0 Å². The first-order valence-corrected chi connectivity index (χ1v) is 10.7. The van der Waals surface area contributed by atoms with E-state index in [1.54, 1.807) is 35.2 Å². The van der Waals surface area contributed by atoms with Gasteiger partial charge in [-0.25, -0.2) is 13.1 Å². The predicted octanol–water partition coefficient (Wildman–Crippen LogP) is 3.17. The van der Waals surface area contributed by atoms with E-state index >= 15 is 0 Å². The van der Waals surface area contributed by atoms with E-state index in [4.69, 9.17) is 11.6 Å². The normalized spacial score (nSPS) is 14.4. The standard InChI is InChI=1S/C17H19ClN2O3S2/c1-2-16(21)20-8-7-15-13(11-20)9-17(24-15)25(22,23)19-10-12-3-5-14(18)6-4-12/h3-6,9,19H,2,7-8,10-11H2,1H3. The van der Waals surface area contributed by atoms with Gasteiger partial charge in [-0.3, -0.25) is 4.79 Å². The summed E-state index contributed by atoms with van der Waals surface area (Å²) in [6.45, 7) is 3.19. The lowest BCUT2D eigenvalue weighted by Gasteiger charge is -2.26. The molecule has 2 heterocycles. The zero-order valence-corrected chi connectivity index (χ0v) is 16.2. The van der Waals surface area contributed by atoms with Gasteiger partial charge >= 0.3 is 0 Å². The summed E-state index contributed by atoms with van der Waals surface area (Å²) in [6.07, 6.45) is 1.17. The van der Waals surface area contributed by atoms with Crippen molar-refractivity contribution in [3.8, 4) is 0 Å². The summed E-state index contributed by atoms with van der Waals surface area (Å²) in [5, 5.41) is 0.615. The fourth-order valence-corrected chi connectivity index (χ4v) is 5.46. The summed E-state index contributed by atoms with van der Waals surface area (Å²) < 4.78 is 28.0. The molecule has 0 saturated carbocycles. The number of amides is 1. The molecule has 134 valence electrons. The third-order valence-corrected chi connectivity index (χ3v) is 7.51. The second-order valence-corrected chi connectivity index (χ2v) is 9.45. The molecular formula is C17H19ClN2O3S2. The second kappa shape index (κ2) is 7.45. The van der Waals surface area contributed by atoms with Crippen LogP contribution < -0.4 is 4.72 Å². The molecule has 8 heteroatoms. The van der Waals surface area contributed by atoms with Crippen LogP contribution >= 0.6 is 22.9 Å². The molecule has 0 unspecified atom stereocenters. The highest BCUT2D eigenvalue weighted by atomic mass is 35.5. The Morgan fingerprint density at radius 3 is 2.72 bits per heavy atom. The number of benzene rings is 1. The van der Waals surface area contributed by atoms with Gasteiger partial charge in [0.05, 0.1) is 0 Å². The average Bonchev–Trinajstić information content (AvgIpc) is 3.05. The summed E-state index contributed by atoms with van der Waals surface area (Å²) in [7, 11) is -3.57. The van der Waals surface area contributed by atoms with E-state index in [-0.39, 0.29) is 12.5 Å². The van der Waals surface area contributed by atoms with Gasteiger partial charge in [-0.05, 0) is 35.7 Å². The number of rotatable bonds is 5. The number of hydrogen-bond donors (Lipinski definition) is 1. The Morgan fingerprint density at radius 2 is 2.04 bits per heavy atom. The molecule has 1 N–H and O–H groups in total. The maximum absolute atomic E-state index is 12.6. The van der Waals surface area contributed by atoms with E-state index in [1.807, 2.05) is 6.92 Å². The number of carbonyl (C=O) groups is 1. The molecule has 0 bridgehead atoms. The van der Waals surface area contributed by atoms with Crippen LogP contribution in [0.1, 0.15) is 29.3 Å². The van der Waals surface area contributed by atoms with Crippen LogP contribution in [0.2, 0.25) is 5.02 Å². The summed E-state index contributed by atoms with van der Waals surface area (Å²) in [4.78, 5) is 14.7. The van der Waals surface area contributed by atoms with Crippen molar-refractivity contribution in [2.75, 3.05) is 6.54 Å². The van der Waals surface area contributed by atoms with E-state index in [2.05, 4.69) is 4.72 Å². The van der Waals surface area contributed by atoms with Gasteiger partial charge in [0, 0.05) is 36.0 Å². The van der Waals surface area contributed by atoms with Crippen molar-refractivity contribution < 1.29 is 13.2 Å².